The number of carbonyl (C=O) groups is 1. The lowest BCUT2D eigenvalue weighted by molar-refractivity contribution is -0.159. The van der Waals surface area contributed by atoms with Crippen LogP contribution in [0.2, 0.25) is 0 Å². The molecule has 6 rings (SSSR count). The first-order valence-corrected chi connectivity index (χ1v) is 10.9. The van der Waals surface area contributed by atoms with E-state index in [1.54, 1.807) is 0 Å². The van der Waals surface area contributed by atoms with Gasteiger partial charge in [0.25, 0.3) is 0 Å². The summed E-state index contributed by atoms with van der Waals surface area (Å²) in [7, 11) is 0. The molecule has 1 aliphatic heterocycles. The number of hydrogen-bond acceptors (Lipinski definition) is 3. The van der Waals surface area contributed by atoms with Gasteiger partial charge in [0, 0.05) is 25.6 Å². The molecule has 5 aliphatic rings. The molecule has 26 heavy (non-hydrogen) atoms. The molecule has 6 heteroatoms. The Morgan fingerprint density at radius 3 is 2.50 bits per heavy atom. The van der Waals surface area contributed by atoms with E-state index in [1.807, 2.05) is 0 Å². The Morgan fingerprint density at radius 2 is 1.88 bits per heavy atom. The van der Waals surface area contributed by atoms with E-state index in [2.05, 4.69) is 26.6 Å². The van der Waals surface area contributed by atoms with Crippen LogP contribution in [0.1, 0.15) is 70.0 Å². The summed E-state index contributed by atoms with van der Waals surface area (Å²) in [6, 6.07) is 0. The van der Waals surface area contributed by atoms with E-state index in [1.165, 1.54) is 19.3 Å². The van der Waals surface area contributed by atoms with E-state index in [9.17, 15) is 4.79 Å². The lowest BCUT2D eigenvalue weighted by atomic mass is 9.49. The Kier molecular flexibility index (Phi) is 4.03. The van der Waals surface area contributed by atoms with Crippen LogP contribution in [0.3, 0.4) is 0 Å². The highest BCUT2D eigenvalue weighted by Gasteiger charge is 2.55. The third kappa shape index (κ3) is 2.59. The number of nitrogens with zero attached hydrogens (tertiary/aromatic N) is 3. The zero-order chi connectivity index (χ0) is 17.9. The predicted octanol–water partition coefficient (Wildman–Crippen LogP) is 3.88. The molecule has 5 fully saturated rings. The van der Waals surface area contributed by atoms with Crippen molar-refractivity contribution < 1.29 is 4.79 Å². The number of carbonyl (C=O) groups excluding carboxylic acids is 1. The van der Waals surface area contributed by atoms with Crippen molar-refractivity contribution in [3.8, 4) is 0 Å². The zero-order valence-electron chi connectivity index (χ0n) is 15.7. The van der Waals surface area contributed by atoms with E-state index in [4.69, 9.17) is 12.2 Å². The highest BCUT2D eigenvalue weighted by Crippen LogP contribution is 2.60. The van der Waals surface area contributed by atoms with Crippen LogP contribution in [0, 0.1) is 27.9 Å². The third-order valence-corrected chi connectivity index (χ3v) is 7.98. The summed E-state index contributed by atoms with van der Waals surface area (Å²) in [5.41, 5.74) is -0.0217. The van der Waals surface area contributed by atoms with Gasteiger partial charge in [0.05, 0.1) is 5.41 Å². The van der Waals surface area contributed by atoms with Crippen LogP contribution < -0.4 is 0 Å². The van der Waals surface area contributed by atoms with Crippen molar-refractivity contribution in [1.29, 1.82) is 0 Å². The number of aromatic nitrogens is 3. The predicted molar refractivity (Wildman–Crippen MR) is 102 cm³/mol. The maximum atomic E-state index is 13.7. The molecule has 1 saturated heterocycles. The van der Waals surface area contributed by atoms with Gasteiger partial charge in [-0.3, -0.25) is 9.89 Å². The maximum absolute atomic E-state index is 13.7. The number of nitrogens with one attached hydrogen (secondary N) is 1. The van der Waals surface area contributed by atoms with Crippen molar-refractivity contribution in [3.05, 3.63) is 10.6 Å². The van der Waals surface area contributed by atoms with Gasteiger partial charge < -0.3 is 9.47 Å². The van der Waals surface area contributed by atoms with E-state index >= 15 is 0 Å². The largest absolute Gasteiger partial charge is 0.341 e. The molecule has 0 radical (unpaired) electrons. The SMILES string of the molecule is CCn1c([C@H]2CCCN(C(=O)C34CC5CC(CC(C5)C3)C4)C2)n[nH]c1=S. The minimum Gasteiger partial charge on any atom is -0.341 e. The third-order valence-electron chi connectivity index (χ3n) is 7.67. The summed E-state index contributed by atoms with van der Waals surface area (Å²) in [4.78, 5) is 15.9. The van der Waals surface area contributed by atoms with Gasteiger partial charge in [-0.25, -0.2) is 0 Å². The highest BCUT2D eigenvalue weighted by atomic mass is 32.1. The molecule has 142 valence electrons. The summed E-state index contributed by atoms with van der Waals surface area (Å²) >= 11 is 5.36. The van der Waals surface area contributed by atoms with Crippen LogP contribution in [0.5, 0.6) is 0 Å². The zero-order valence-corrected chi connectivity index (χ0v) is 16.6. The number of H-pyrrole nitrogens is 1. The number of amides is 1. The van der Waals surface area contributed by atoms with Gasteiger partial charge in [0.2, 0.25) is 5.91 Å². The van der Waals surface area contributed by atoms with E-state index in [0.29, 0.717) is 16.6 Å². The molecular weight excluding hydrogens is 344 g/mol. The van der Waals surface area contributed by atoms with Gasteiger partial charge in [0.15, 0.2) is 4.77 Å². The van der Waals surface area contributed by atoms with Crippen LogP contribution in [0.15, 0.2) is 0 Å². The number of likely N-dealkylation sites (tertiary alicyclic amines) is 1. The van der Waals surface area contributed by atoms with Crippen LogP contribution in [-0.4, -0.2) is 38.7 Å². The quantitative estimate of drug-likeness (QED) is 0.817. The maximum Gasteiger partial charge on any atom is 0.228 e. The average Bonchev–Trinajstić information content (AvgIpc) is 3.00. The number of hydrogen-bond donors (Lipinski definition) is 1. The molecule has 2 heterocycles. The van der Waals surface area contributed by atoms with Gasteiger partial charge in [-0.2, -0.15) is 5.10 Å². The second-order valence-electron chi connectivity index (χ2n) is 9.42. The van der Waals surface area contributed by atoms with Gasteiger partial charge in [-0.1, -0.05) is 0 Å². The fraction of sp³-hybridized carbons (Fsp3) is 0.850. The number of aromatic amines is 1. The molecule has 5 nitrogen and oxygen atoms in total. The highest BCUT2D eigenvalue weighted by molar-refractivity contribution is 7.71. The van der Waals surface area contributed by atoms with Crippen molar-refractivity contribution >= 4 is 18.1 Å². The monoisotopic (exact) mass is 374 g/mol. The molecule has 1 atom stereocenters. The van der Waals surface area contributed by atoms with Gasteiger partial charge in [-0.15, -0.1) is 0 Å². The van der Waals surface area contributed by atoms with Crippen molar-refractivity contribution in [2.24, 2.45) is 23.2 Å². The molecule has 4 aliphatic carbocycles. The summed E-state index contributed by atoms with van der Waals surface area (Å²) < 4.78 is 2.80. The van der Waals surface area contributed by atoms with E-state index in [-0.39, 0.29) is 5.41 Å². The van der Waals surface area contributed by atoms with E-state index < -0.39 is 0 Å². The lowest BCUT2D eigenvalue weighted by Gasteiger charge is -2.57. The molecular formula is C20H30N4OS. The molecule has 0 aromatic carbocycles. The molecule has 1 aromatic rings. The summed E-state index contributed by atoms with van der Waals surface area (Å²) in [5, 5.41) is 7.45. The lowest BCUT2D eigenvalue weighted by Crippen LogP contribution is -2.56. The fourth-order valence-electron chi connectivity index (χ4n) is 7.03. The summed E-state index contributed by atoms with van der Waals surface area (Å²) in [6.07, 6.45) is 9.82. The normalized spacial score (nSPS) is 38.7. The number of piperidine rings is 1. The Labute approximate surface area is 160 Å². The minimum absolute atomic E-state index is 0.0217. The molecule has 4 saturated carbocycles. The average molecular weight is 375 g/mol. The topological polar surface area (TPSA) is 53.9 Å². The van der Waals surface area contributed by atoms with Crippen molar-refractivity contribution in [1.82, 2.24) is 19.7 Å². The van der Waals surface area contributed by atoms with E-state index in [0.717, 1.165) is 75.3 Å². The first kappa shape index (κ1) is 17.0. The Balaban J connectivity index is 1.37. The second kappa shape index (κ2) is 6.18. The molecule has 1 N–H and O–H groups in total. The van der Waals surface area contributed by atoms with Crippen molar-refractivity contribution in [3.63, 3.8) is 0 Å². The van der Waals surface area contributed by atoms with Gasteiger partial charge in [0.1, 0.15) is 5.82 Å². The van der Waals surface area contributed by atoms with Gasteiger partial charge >= 0.3 is 0 Å². The summed E-state index contributed by atoms with van der Waals surface area (Å²) in [6.45, 7) is 4.69. The van der Waals surface area contributed by atoms with Crippen LogP contribution in [0.4, 0.5) is 0 Å². The molecule has 1 aromatic heterocycles. The molecule has 1 amide bonds. The Hall–Kier alpha value is -1.17. The second-order valence-corrected chi connectivity index (χ2v) is 9.81. The number of rotatable bonds is 3. The van der Waals surface area contributed by atoms with Crippen LogP contribution >= 0.6 is 12.2 Å². The first-order chi connectivity index (χ1) is 12.6. The molecule has 4 bridgehead atoms. The van der Waals surface area contributed by atoms with Crippen molar-refractivity contribution in [2.45, 2.75) is 70.8 Å². The first-order valence-electron chi connectivity index (χ1n) is 10.5. The fourth-order valence-corrected chi connectivity index (χ4v) is 7.30. The Morgan fingerprint density at radius 1 is 1.23 bits per heavy atom. The standard InChI is InChI=1S/C20H30N4OS/c1-2-24-17(21-22-19(24)26)16-4-3-5-23(12-16)18(25)20-9-13-6-14(10-20)8-15(7-13)11-20/h13-16H,2-12H2,1H3,(H,22,26)/t13?,14?,15?,16-,20?/m0/s1. The summed E-state index contributed by atoms with van der Waals surface area (Å²) in [5.74, 6) is 4.29. The molecule has 0 unspecified atom stereocenters. The van der Waals surface area contributed by atoms with Gasteiger partial charge in [-0.05, 0) is 88.3 Å². The Bertz CT molecular complexity index is 731. The molecule has 0 spiro atoms. The van der Waals surface area contributed by atoms with Crippen LogP contribution in [0.25, 0.3) is 0 Å². The smallest absolute Gasteiger partial charge is 0.228 e. The van der Waals surface area contributed by atoms with Crippen molar-refractivity contribution in [2.75, 3.05) is 13.1 Å². The minimum atomic E-state index is -0.0217. The van der Waals surface area contributed by atoms with Crippen LogP contribution in [-0.2, 0) is 11.3 Å².